The molecule has 0 saturated carbocycles. The Balaban J connectivity index is 1.38. The maximum atomic E-state index is 11.2. The van der Waals surface area contributed by atoms with Crippen molar-refractivity contribution in [2.75, 3.05) is 19.8 Å². The van der Waals surface area contributed by atoms with Gasteiger partial charge in [-0.1, -0.05) is 48.5 Å². The smallest absolute Gasteiger partial charge is 0.308 e. The molecule has 0 aromatic heterocycles. The monoisotopic (exact) mass is 493 g/mol. The topological polar surface area (TPSA) is 97.3 Å². The number of benzene rings is 3. The molecule has 2 unspecified atom stereocenters. The van der Waals surface area contributed by atoms with Gasteiger partial charge in [0.05, 0.1) is 25.9 Å². The van der Waals surface area contributed by atoms with Crippen LogP contribution in [-0.4, -0.2) is 42.0 Å². The van der Waals surface area contributed by atoms with Crippen molar-refractivity contribution in [2.45, 2.75) is 45.6 Å². The van der Waals surface area contributed by atoms with Crippen molar-refractivity contribution < 1.29 is 29.2 Å². The standard InChI is InChI=1S/C29H35NO6/c1-21(30-18-28(33)25-10-13-29(36-22(2)32)26(17-25)19-31)16-23-8-11-27(12-9-23)35-15-14-34-20-24-6-4-3-5-7-24/h3-13,17,21,28,30-31,33H,14-16,18-20H2,1-2H3. The molecule has 0 aliphatic carbocycles. The Morgan fingerprint density at radius 2 is 1.72 bits per heavy atom. The summed E-state index contributed by atoms with van der Waals surface area (Å²) in [5.74, 6) is 0.644. The number of nitrogens with one attached hydrogen (secondary N) is 1. The molecule has 0 amide bonds. The molecule has 0 radical (unpaired) electrons. The molecule has 0 aliphatic heterocycles. The molecular weight excluding hydrogens is 458 g/mol. The van der Waals surface area contributed by atoms with E-state index < -0.39 is 12.1 Å². The van der Waals surface area contributed by atoms with Gasteiger partial charge in [-0.05, 0) is 54.3 Å². The first-order valence-electron chi connectivity index (χ1n) is 12.1. The minimum atomic E-state index is -0.760. The van der Waals surface area contributed by atoms with E-state index >= 15 is 0 Å². The van der Waals surface area contributed by atoms with Gasteiger partial charge in [0.15, 0.2) is 0 Å². The average Bonchev–Trinajstić information content (AvgIpc) is 2.88. The highest BCUT2D eigenvalue weighted by atomic mass is 16.5. The van der Waals surface area contributed by atoms with Crippen LogP contribution in [0.15, 0.2) is 72.8 Å². The van der Waals surface area contributed by atoms with Crippen molar-refractivity contribution in [1.82, 2.24) is 5.32 Å². The molecule has 0 saturated heterocycles. The first-order chi connectivity index (χ1) is 17.4. The van der Waals surface area contributed by atoms with E-state index in [0.717, 1.165) is 23.3 Å². The highest BCUT2D eigenvalue weighted by Gasteiger charge is 2.14. The van der Waals surface area contributed by atoms with E-state index in [9.17, 15) is 15.0 Å². The van der Waals surface area contributed by atoms with E-state index in [2.05, 4.69) is 12.2 Å². The average molecular weight is 494 g/mol. The number of esters is 1. The second-order valence-corrected chi connectivity index (χ2v) is 8.68. The molecular formula is C29H35NO6. The number of carbonyl (C=O) groups is 1. The van der Waals surface area contributed by atoms with Crippen molar-refractivity contribution in [3.8, 4) is 11.5 Å². The summed E-state index contributed by atoms with van der Waals surface area (Å²) in [6.07, 6.45) is 0.0320. The number of ether oxygens (including phenoxy) is 3. The summed E-state index contributed by atoms with van der Waals surface area (Å²) in [7, 11) is 0. The number of rotatable bonds is 14. The molecule has 192 valence electrons. The third-order valence-corrected chi connectivity index (χ3v) is 5.63. The Bertz CT molecular complexity index is 1070. The first-order valence-corrected chi connectivity index (χ1v) is 12.1. The summed E-state index contributed by atoms with van der Waals surface area (Å²) in [5, 5.41) is 23.5. The molecule has 0 aliphatic rings. The van der Waals surface area contributed by atoms with E-state index in [1.165, 1.54) is 6.92 Å². The second kappa shape index (κ2) is 14.4. The van der Waals surface area contributed by atoms with Crippen molar-refractivity contribution in [1.29, 1.82) is 0 Å². The molecule has 3 rings (SSSR count). The fraction of sp³-hybridized carbons (Fsp3) is 0.345. The van der Waals surface area contributed by atoms with Crippen LogP contribution >= 0.6 is 0 Å². The Morgan fingerprint density at radius 3 is 2.42 bits per heavy atom. The van der Waals surface area contributed by atoms with Crippen molar-refractivity contribution in [2.24, 2.45) is 0 Å². The lowest BCUT2D eigenvalue weighted by atomic mass is 10.0. The van der Waals surface area contributed by atoms with Crippen LogP contribution in [-0.2, 0) is 29.2 Å². The number of aliphatic hydroxyl groups excluding tert-OH is 2. The van der Waals surface area contributed by atoms with Crippen LogP contribution in [0.3, 0.4) is 0 Å². The molecule has 0 heterocycles. The van der Waals surface area contributed by atoms with Gasteiger partial charge in [-0.2, -0.15) is 0 Å². The third kappa shape index (κ3) is 9.09. The third-order valence-electron chi connectivity index (χ3n) is 5.63. The van der Waals surface area contributed by atoms with Gasteiger partial charge in [0.2, 0.25) is 0 Å². The van der Waals surface area contributed by atoms with Crippen LogP contribution in [0.2, 0.25) is 0 Å². The van der Waals surface area contributed by atoms with Crippen LogP contribution in [0.4, 0.5) is 0 Å². The highest BCUT2D eigenvalue weighted by Crippen LogP contribution is 2.24. The molecule has 3 aromatic carbocycles. The van der Waals surface area contributed by atoms with Gasteiger partial charge in [-0.15, -0.1) is 0 Å². The Kier molecular flexibility index (Phi) is 10.9. The normalized spacial score (nSPS) is 12.7. The number of carbonyl (C=O) groups excluding carboxylic acids is 1. The van der Waals surface area contributed by atoms with Gasteiger partial charge in [-0.3, -0.25) is 4.79 Å². The molecule has 0 bridgehead atoms. The molecule has 36 heavy (non-hydrogen) atoms. The van der Waals surface area contributed by atoms with Crippen molar-refractivity contribution >= 4 is 5.97 Å². The fourth-order valence-corrected chi connectivity index (χ4v) is 3.75. The van der Waals surface area contributed by atoms with E-state index in [-0.39, 0.29) is 12.6 Å². The molecule has 0 spiro atoms. The van der Waals surface area contributed by atoms with Gasteiger partial charge in [0, 0.05) is 25.1 Å². The Labute approximate surface area is 212 Å². The molecule has 0 fully saturated rings. The lowest BCUT2D eigenvalue weighted by molar-refractivity contribution is -0.131. The molecule has 2 atom stereocenters. The van der Waals surface area contributed by atoms with E-state index in [4.69, 9.17) is 14.2 Å². The van der Waals surface area contributed by atoms with Crippen LogP contribution in [0.5, 0.6) is 11.5 Å². The summed E-state index contributed by atoms with van der Waals surface area (Å²) in [5.41, 5.74) is 3.40. The zero-order valence-electron chi connectivity index (χ0n) is 20.9. The van der Waals surface area contributed by atoms with Gasteiger partial charge in [0.1, 0.15) is 18.1 Å². The Morgan fingerprint density at radius 1 is 0.972 bits per heavy atom. The molecule has 7 nitrogen and oxygen atoms in total. The summed E-state index contributed by atoms with van der Waals surface area (Å²) < 4.78 is 16.5. The largest absolute Gasteiger partial charge is 0.491 e. The van der Waals surface area contributed by atoms with Gasteiger partial charge in [0.25, 0.3) is 0 Å². The summed E-state index contributed by atoms with van der Waals surface area (Å²) >= 11 is 0. The van der Waals surface area contributed by atoms with E-state index in [1.54, 1.807) is 18.2 Å². The van der Waals surface area contributed by atoms with E-state index in [1.807, 2.05) is 54.6 Å². The predicted octanol–water partition coefficient (Wildman–Crippen LogP) is 3.95. The lowest BCUT2D eigenvalue weighted by Crippen LogP contribution is -2.32. The minimum absolute atomic E-state index is 0.135. The number of hydrogen-bond donors (Lipinski definition) is 3. The van der Waals surface area contributed by atoms with Gasteiger partial charge < -0.3 is 29.7 Å². The summed E-state index contributed by atoms with van der Waals surface area (Å²) in [4.78, 5) is 11.2. The van der Waals surface area contributed by atoms with E-state index in [0.29, 0.717) is 43.2 Å². The summed E-state index contributed by atoms with van der Waals surface area (Å²) in [6, 6.07) is 23.1. The van der Waals surface area contributed by atoms with Crippen LogP contribution in [0, 0.1) is 0 Å². The maximum absolute atomic E-state index is 11.2. The van der Waals surface area contributed by atoms with Crippen molar-refractivity contribution in [3.63, 3.8) is 0 Å². The SMILES string of the molecule is CC(=O)Oc1ccc(C(O)CNC(C)Cc2ccc(OCCOCc3ccccc3)cc2)cc1CO. The van der Waals surface area contributed by atoms with Gasteiger partial charge in [-0.25, -0.2) is 0 Å². The van der Waals surface area contributed by atoms with Gasteiger partial charge >= 0.3 is 5.97 Å². The summed E-state index contributed by atoms with van der Waals surface area (Å²) in [6.45, 7) is 5.01. The number of aliphatic hydroxyl groups is 2. The molecule has 3 aromatic rings. The van der Waals surface area contributed by atoms with Crippen LogP contribution < -0.4 is 14.8 Å². The van der Waals surface area contributed by atoms with Crippen LogP contribution in [0.25, 0.3) is 0 Å². The minimum Gasteiger partial charge on any atom is -0.491 e. The zero-order valence-corrected chi connectivity index (χ0v) is 20.9. The maximum Gasteiger partial charge on any atom is 0.308 e. The van der Waals surface area contributed by atoms with Crippen LogP contribution in [0.1, 0.15) is 42.2 Å². The zero-order chi connectivity index (χ0) is 25.8. The quantitative estimate of drug-likeness (QED) is 0.178. The predicted molar refractivity (Wildman–Crippen MR) is 138 cm³/mol. The lowest BCUT2D eigenvalue weighted by Gasteiger charge is -2.19. The molecule has 3 N–H and O–H groups in total. The highest BCUT2D eigenvalue weighted by molar-refractivity contribution is 5.69. The second-order valence-electron chi connectivity index (χ2n) is 8.68. The number of hydrogen-bond acceptors (Lipinski definition) is 7. The first kappa shape index (κ1) is 27.4. The Hall–Kier alpha value is -3.23. The fourth-order valence-electron chi connectivity index (χ4n) is 3.75. The van der Waals surface area contributed by atoms with Crippen molar-refractivity contribution in [3.05, 3.63) is 95.1 Å². The molecule has 7 heteroatoms.